The first-order chi connectivity index (χ1) is 22.8. The lowest BCUT2D eigenvalue weighted by Gasteiger charge is -2.27. The van der Waals surface area contributed by atoms with Crippen LogP contribution in [0.1, 0.15) is 70.7 Å². The summed E-state index contributed by atoms with van der Waals surface area (Å²) in [6.07, 6.45) is 1.23. The number of nitrogens with zero attached hydrogens (tertiary/aromatic N) is 4. The van der Waals surface area contributed by atoms with Crippen LogP contribution in [0.3, 0.4) is 0 Å². The maximum Gasteiger partial charge on any atom is 0.267 e. The molecule has 5 aromatic rings. The van der Waals surface area contributed by atoms with E-state index in [1.165, 1.54) is 4.90 Å². The van der Waals surface area contributed by atoms with Crippen molar-refractivity contribution in [3.05, 3.63) is 60.2 Å². The molecule has 0 saturated carbocycles. The molecule has 6 N–H and O–H groups in total. The number of nitrogens with one attached hydrogen (secondary N) is 2. The Morgan fingerprint density at radius 1 is 0.833 bits per heavy atom. The van der Waals surface area contributed by atoms with E-state index in [1.54, 1.807) is 13.8 Å². The second-order valence-electron chi connectivity index (χ2n) is 14.1. The molecule has 0 aliphatic carbocycles. The van der Waals surface area contributed by atoms with Gasteiger partial charge in [0.25, 0.3) is 5.92 Å². The van der Waals surface area contributed by atoms with Gasteiger partial charge < -0.3 is 31.2 Å². The van der Waals surface area contributed by atoms with Crippen molar-refractivity contribution in [2.75, 3.05) is 13.1 Å². The lowest BCUT2D eigenvalue weighted by atomic mass is 10.0. The molecule has 2 aromatic heterocycles. The first-order valence-electron chi connectivity index (χ1n) is 16.7. The molecule has 2 fully saturated rings. The van der Waals surface area contributed by atoms with Crippen molar-refractivity contribution in [3.8, 4) is 11.1 Å². The molecule has 4 atom stereocenters. The Hall–Kier alpha value is -4.42. The molecule has 4 heterocycles. The minimum atomic E-state index is -3.03. The van der Waals surface area contributed by atoms with Crippen LogP contribution in [0.4, 0.5) is 8.78 Å². The number of imidazole rings is 2. The molecule has 2 aliphatic heterocycles. The molecule has 2 saturated heterocycles. The SMILES string of the molecule is CC(C)[C@H](N)C(=O)N1CC(F)(F)C[C@H]1c1nc2ccc(-c3ccc4c(ccc5[nH]c([C@@H]6CCCN6C(=O)[C@@H](N)C(C)C)nc54)c3)cc2[nH]1. The summed E-state index contributed by atoms with van der Waals surface area (Å²) in [5, 5.41) is 2.00. The number of carbonyl (C=O) groups is 2. The Labute approximate surface area is 277 Å². The quantitative estimate of drug-likeness (QED) is 0.174. The minimum Gasteiger partial charge on any atom is -0.340 e. The van der Waals surface area contributed by atoms with Crippen molar-refractivity contribution in [3.63, 3.8) is 0 Å². The van der Waals surface area contributed by atoms with Crippen LogP contribution >= 0.6 is 0 Å². The molecule has 2 aliphatic rings. The Kier molecular flexibility index (Phi) is 7.98. The summed E-state index contributed by atoms with van der Waals surface area (Å²) in [5.74, 6) is -2.58. The van der Waals surface area contributed by atoms with Crippen molar-refractivity contribution >= 4 is 44.7 Å². The van der Waals surface area contributed by atoms with Gasteiger partial charge in [0.05, 0.1) is 52.8 Å². The number of carbonyl (C=O) groups excluding carboxylic acids is 2. The molecule has 0 unspecified atom stereocenters. The topological polar surface area (TPSA) is 150 Å². The number of H-pyrrole nitrogens is 2. The predicted octanol–water partition coefficient (Wildman–Crippen LogP) is 5.80. The average molecular weight is 657 g/mol. The van der Waals surface area contributed by atoms with Gasteiger partial charge in [0, 0.05) is 18.4 Å². The number of amides is 2. The highest BCUT2D eigenvalue weighted by Crippen LogP contribution is 2.41. The second-order valence-corrected chi connectivity index (χ2v) is 14.1. The third-order valence-corrected chi connectivity index (χ3v) is 10.0. The van der Waals surface area contributed by atoms with Crippen LogP contribution < -0.4 is 11.5 Å². The summed E-state index contributed by atoms with van der Waals surface area (Å²) in [5.41, 5.74) is 17.3. The zero-order valence-corrected chi connectivity index (χ0v) is 27.6. The summed E-state index contributed by atoms with van der Waals surface area (Å²) in [4.78, 5) is 45.5. The van der Waals surface area contributed by atoms with E-state index >= 15 is 0 Å². The van der Waals surface area contributed by atoms with Crippen LogP contribution in [-0.2, 0) is 9.59 Å². The van der Waals surface area contributed by atoms with Crippen molar-refractivity contribution in [1.82, 2.24) is 29.7 Å². The molecule has 10 nitrogen and oxygen atoms in total. The monoisotopic (exact) mass is 656 g/mol. The van der Waals surface area contributed by atoms with Crippen molar-refractivity contribution in [1.29, 1.82) is 0 Å². The molecule has 0 radical (unpaired) electrons. The van der Waals surface area contributed by atoms with Crippen LogP contribution in [0.15, 0.2) is 48.5 Å². The first-order valence-corrected chi connectivity index (χ1v) is 16.7. The van der Waals surface area contributed by atoms with E-state index in [9.17, 15) is 18.4 Å². The number of hydrogen-bond donors (Lipinski definition) is 4. The summed E-state index contributed by atoms with van der Waals surface area (Å²) in [7, 11) is 0. The van der Waals surface area contributed by atoms with Gasteiger partial charge in [-0.3, -0.25) is 9.59 Å². The number of aromatic amines is 2. The normalized spacial score (nSPS) is 21.0. The molecule has 252 valence electrons. The van der Waals surface area contributed by atoms with Gasteiger partial charge in [-0.25, -0.2) is 18.7 Å². The maximum absolute atomic E-state index is 14.6. The van der Waals surface area contributed by atoms with Gasteiger partial charge in [-0.15, -0.1) is 0 Å². The molecular weight excluding hydrogens is 614 g/mol. The largest absolute Gasteiger partial charge is 0.340 e. The summed E-state index contributed by atoms with van der Waals surface area (Å²) >= 11 is 0. The molecule has 3 aromatic carbocycles. The summed E-state index contributed by atoms with van der Waals surface area (Å²) < 4.78 is 29.2. The first kappa shape index (κ1) is 32.1. The fraction of sp³-hybridized carbons (Fsp3) is 0.444. The summed E-state index contributed by atoms with van der Waals surface area (Å²) in [6.45, 7) is 7.51. The third-order valence-electron chi connectivity index (χ3n) is 10.0. The van der Waals surface area contributed by atoms with Crippen molar-refractivity contribution in [2.24, 2.45) is 23.3 Å². The fourth-order valence-electron chi connectivity index (χ4n) is 7.09. The maximum atomic E-state index is 14.6. The highest BCUT2D eigenvalue weighted by molar-refractivity contribution is 6.05. The molecule has 0 spiro atoms. The number of aromatic nitrogens is 4. The number of fused-ring (bicyclic) bond motifs is 4. The number of benzene rings is 3. The molecule has 2 amide bonds. The van der Waals surface area contributed by atoms with Gasteiger partial charge in [0.15, 0.2) is 0 Å². The lowest BCUT2D eigenvalue weighted by molar-refractivity contribution is -0.136. The summed E-state index contributed by atoms with van der Waals surface area (Å²) in [6, 6.07) is 13.6. The van der Waals surface area contributed by atoms with Crippen LogP contribution in [0.25, 0.3) is 44.0 Å². The number of rotatable bonds is 7. The number of hydrogen-bond acceptors (Lipinski definition) is 6. The highest BCUT2D eigenvalue weighted by atomic mass is 19.3. The molecule has 12 heteroatoms. The van der Waals surface area contributed by atoms with Gasteiger partial charge in [-0.2, -0.15) is 0 Å². The Morgan fingerprint density at radius 3 is 2.21 bits per heavy atom. The van der Waals surface area contributed by atoms with E-state index in [4.69, 9.17) is 16.5 Å². The number of likely N-dealkylation sites (tertiary alicyclic amines) is 2. The molecule has 0 bridgehead atoms. The third kappa shape index (κ3) is 5.60. The number of nitrogens with two attached hydrogens (primary N) is 2. The van der Waals surface area contributed by atoms with E-state index in [0.717, 1.165) is 51.6 Å². The molecular formula is C36H42F2N8O2. The zero-order valence-electron chi connectivity index (χ0n) is 27.6. The second kappa shape index (κ2) is 11.9. The van der Waals surface area contributed by atoms with E-state index in [-0.39, 0.29) is 23.8 Å². The Bertz CT molecular complexity index is 2030. The standard InChI is InChI=1S/C36H42F2N8O2/c1-18(2)29(39)34(47)45-13-5-6-27(45)32-42-25-12-9-22-14-20(7-10-23(22)31(25)44-32)21-8-11-24-26(15-21)43-33(41-24)28-16-36(37,38)17-46(28)35(48)30(40)19(3)4/h7-12,14-15,18-19,27-30H,5-6,13,16-17,39-40H2,1-4H3,(H,41,43)(H,42,44)/t27-,28-,29-,30-/m0/s1. The van der Waals surface area contributed by atoms with E-state index in [1.807, 2.05) is 49.1 Å². The smallest absolute Gasteiger partial charge is 0.267 e. The molecule has 48 heavy (non-hydrogen) atoms. The fourth-order valence-corrected chi connectivity index (χ4v) is 7.09. The highest BCUT2D eigenvalue weighted by Gasteiger charge is 2.49. The minimum absolute atomic E-state index is 0.0360. The predicted molar refractivity (Wildman–Crippen MR) is 182 cm³/mol. The Morgan fingerprint density at radius 2 is 1.48 bits per heavy atom. The van der Waals surface area contributed by atoms with Gasteiger partial charge in [-0.1, -0.05) is 52.0 Å². The lowest BCUT2D eigenvalue weighted by Crippen LogP contribution is -2.47. The van der Waals surface area contributed by atoms with Gasteiger partial charge in [-0.05, 0) is 65.5 Å². The van der Waals surface area contributed by atoms with E-state index < -0.39 is 42.9 Å². The number of halogens is 2. The van der Waals surface area contributed by atoms with Gasteiger partial charge >= 0.3 is 0 Å². The number of alkyl halides is 2. The average Bonchev–Trinajstić information content (AvgIpc) is 3.86. The van der Waals surface area contributed by atoms with E-state index in [2.05, 4.69) is 33.2 Å². The van der Waals surface area contributed by atoms with Crippen LogP contribution in [0, 0.1) is 11.8 Å². The zero-order chi connectivity index (χ0) is 34.1. The van der Waals surface area contributed by atoms with Crippen molar-refractivity contribution in [2.45, 2.75) is 77.0 Å². The molecule has 7 rings (SSSR count). The van der Waals surface area contributed by atoms with Crippen LogP contribution in [0.2, 0.25) is 0 Å². The van der Waals surface area contributed by atoms with Gasteiger partial charge in [0.1, 0.15) is 11.6 Å². The Balaban J connectivity index is 1.17. The van der Waals surface area contributed by atoms with Gasteiger partial charge in [0.2, 0.25) is 11.8 Å². The van der Waals surface area contributed by atoms with Crippen LogP contribution in [0.5, 0.6) is 0 Å². The van der Waals surface area contributed by atoms with Crippen LogP contribution in [-0.4, -0.2) is 72.6 Å². The van der Waals surface area contributed by atoms with Crippen molar-refractivity contribution < 1.29 is 18.4 Å². The van der Waals surface area contributed by atoms with E-state index in [0.29, 0.717) is 23.4 Å².